The van der Waals surface area contributed by atoms with Gasteiger partial charge in [-0.2, -0.15) is 0 Å². The van der Waals surface area contributed by atoms with Crippen LogP contribution in [0.4, 0.5) is 5.69 Å². The van der Waals surface area contributed by atoms with Crippen molar-refractivity contribution in [1.82, 2.24) is 0 Å². The van der Waals surface area contributed by atoms with Crippen LogP contribution in [-0.2, 0) is 14.8 Å². The molecule has 0 spiro atoms. The van der Waals surface area contributed by atoms with E-state index in [0.29, 0.717) is 5.69 Å². The lowest BCUT2D eigenvalue weighted by atomic mass is 10.3. The Morgan fingerprint density at radius 1 is 1.12 bits per heavy atom. The number of nitrogens with zero attached hydrogens (tertiary/aromatic N) is 1. The molecule has 0 fully saturated rings. The third-order valence-electron chi connectivity index (χ3n) is 3.19. The maximum atomic E-state index is 13.1. The second-order valence-corrected chi connectivity index (χ2v) is 9.08. The first-order valence-corrected chi connectivity index (χ1v) is 10.2. The zero-order valence-electron chi connectivity index (χ0n) is 12.2. The van der Waals surface area contributed by atoms with E-state index in [1.54, 1.807) is 24.3 Å². The topological polar surface area (TPSA) is 54.5 Å². The molecule has 4 nitrogen and oxygen atoms in total. The molecule has 2 aromatic carbocycles. The zero-order chi connectivity index (χ0) is 18.1. The number of carbonyl (C=O) groups excluding carboxylic acids is 1. The quantitative estimate of drug-likeness (QED) is 0.416. The number of halogens is 4. The molecule has 0 amide bonds. The van der Waals surface area contributed by atoms with Crippen molar-refractivity contribution < 1.29 is 13.2 Å². The van der Waals surface area contributed by atoms with Crippen molar-refractivity contribution >= 4 is 78.3 Å². The second kappa shape index (κ2) is 7.78. The Hall–Kier alpha value is -0.540. The Labute approximate surface area is 168 Å². The molecule has 0 saturated carbocycles. The molecule has 2 aromatic rings. The lowest BCUT2D eigenvalue weighted by Gasteiger charge is -2.28. The highest BCUT2D eigenvalue weighted by Crippen LogP contribution is 2.32. The summed E-state index contributed by atoms with van der Waals surface area (Å²) in [6, 6.07) is 9.62. The van der Waals surface area contributed by atoms with Crippen molar-refractivity contribution in [3.8, 4) is 0 Å². The third-order valence-corrected chi connectivity index (χ3v) is 6.84. The van der Waals surface area contributed by atoms with Crippen LogP contribution in [0.5, 0.6) is 0 Å². The lowest BCUT2D eigenvalue weighted by Crippen LogP contribution is -2.42. The fourth-order valence-electron chi connectivity index (χ4n) is 2.03. The van der Waals surface area contributed by atoms with Crippen molar-refractivity contribution in [2.45, 2.75) is 17.9 Å². The minimum absolute atomic E-state index is 0.00383. The van der Waals surface area contributed by atoms with Gasteiger partial charge in [-0.3, -0.25) is 9.10 Å². The highest BCUT2D eigenvalue weighted by atomic mass is 127. The largest absolute Gasteiger partial charge is 0.279 e. The molecule has 0 heterocycles. The summed E-state index contributed by atoms with van der Waals surface area (Å²) in [7, 11) is -4.16. The van der Waals surface area contributed by atoms with Gasteiger partial charge in [0.15, 0.2) is 0 Å². The van der Waals surface area contributed by atoms with Gasteiger partial charge < -0.3 is 0 Å². The van der Waals surface area contributed by atoms with Gasteiger partial charge in [0.25, 0.3) is 10.0 Å². The van der Waals surface area contributed by atoms with E-state index in [2.05, 4.69) is 22.6 Å². The summed E-state index contributed by atoms with van der Waals surface area (Å²) in [5.41, 5.74) is 0.299. The molecule has 0 radical (unpaired) electrons. The number of hydrogen-bond donors (Lipinski definition) is 0. The SMILES string of the molecule is CC(C(=O)Cl)N(c1ccc(I)cc1)S(=O)(=O)c1cc(Cl)ccc1Cl. The predicted octanol–water partition coefficient (Wildman–Crippen LogP) is 4.95. The third kappa shape index (κ3) is 4.16. The van der Waals surface area contributed by atoms with Crippen LogP contribution in [0.2, 0.25) is 10.0 Å². The highest BCUT2D eigenvalue weighted by molar-refractivity contribution is 14.1. The average Bonchev–Trinajstić information content (AvgIpc) is 2.51. The average molecular weight is 519 g/mol. The number of rotatable bonds is 5. The fourth-order valence-corrected chi connectivity index (χ4v) is 4.91. The summed E-state index contributed by atoms with van der Waals surface area (Å²) >= 11 is 19.6. The molecule has 0 saturated heterocycles. The van der Waals surface area contributed by atoms with Gasteiger partial charge in [-0.15, -0.1) is 0 Å². The second-order valence-electron chi connectivity index (χ2n) is 4.83. The van der Waals surface area contributed by atoms with Crippen LogP contribution in [-0.4, -0.2) is 19.7 Å². The van der Waals surface area contributed by atoms with Crippen LogP contribution in [0.1, 0.15) is 6.92 Å². The van der Waals surface area contributed by atoms with Gasteiger partial charge >= 0.3 is 0 Å². The normalized spacial score (nSPS) is 12.7. The van der Waals surface area contributed by atoms with Crippen molar-refractivity contribution in [2.75, 3.05) is 4.31 Å². The van der Waals surface area contributed by atoms with Crippen LogP contribution >= 0.6 is 57.4 Å². The van der Waals surface area contributed by atoms with Crippen LogP contribution in [0.3, 0.4) is 0 Å². The monoisotopic (exact) mass is 517 g/mol. The number of carbonyl (C=O) groups is 1. The molecule has 0 N–H and O–H groups in total. The van der Waals surface area contributed by atoms with Crippen molar-refractivity contribution in [3.05, 3.63) is 56.1 Å². The van der Waals surface area contributed by atoms with E-state index in [9.17, 15) is 13.2 Å². The molecular weight excluding hydrogens is 507 g/mol. The molecule has 1 atom stereocenters. The Balaban J connectivity index is 2.67. The van der Waals surface area contributed by atoms with Crippen LogP contribution in [0, 0.1) is 3.57 Å². The summed E-state index contributed by atoms with van der Waals surface area (Å²) < 4.78 is 28.1. The van der Waals surface area contributed by atoms with E-state index in [1.807, 2.05) is 0 Å². The molecule has 0 aliphatic carbocycles. The maximum Gasteiger partial charge on any atom is 0.266 e. The lowest BCUT2D eigenvalue weighted by molar-refractivity contribution is -0.112. The van der Waals surface area contributed by atoms with Gasteiger partial charge in [0.05, 0.1) is 10.7 Å². The Kier molecular flexibility index (Phi) is 6.41. The highest BCUT2D eigenvalue weighted by Gasteiger charge is 2.34. The molecular formula is C15H11Cl3INO3S. The number of hydrogen-bond acceptors (Lipinski definition) is 3. The molecule has 2 rings (SSSR count). The van der Waals surface area contributed by atoms with Crippen molar-refractivity contribution in [3.63, 3.8) is 0 Å². The molecule has 0 aromatic heterocycles. The predicted molar refractivity (Wildman–Crippen MR) is 106 cm³/mol. The van der Waals surface area contributed by atoms with E-state index >= 15 is 0 Å². The van der Waals surface area contributed by atoms with Crippen LogP contribution in [0.15, 0.2) is 47.4 Å². The van der Waals surface area contributed by atoms with Gasteiger partial charge in [-0.1, -0.05) is 23.2 Å². The smallest absolute Gasteiger partial charge is 0.266 e. The van der Waals surface area contributed by atoms with Crippen LogP contribution < -0.4 is 4.31 Å². The van der Waals surface area contributed by atoms with Crippen molar-refractivity contribution in [1.29, 1.82) is 0 Å². The van der Waals surface area contributed by atoms with Gasteiger partial charge in [0, 0.05) is 8.59 Å². The Bertz CT molecular complexity index is 872. The molecule has 128 valence electrons. The number of sulfonamides is 1. The van der Waals surface area contributed by atoms with E-state index in [0.717, 1.165) is 7.88 Å². The molecule has 0 aliphatic heterocycles. The van der Waals surface area contributed by atoms with Gasteiger partial charge in [-0.05, 0) is 83.6 Å². The summed E-state index contributed by atoms with van der Waals surface area (Å²) in [5.74, 6) is 0. The van der Waals surface area contributed by atoms with Crippen LogP contribution in [0.25, 0.3) is 0 Å². The first-order chi connectivity index (χ1) is 11.1. The molecule has 0 aliphatic rings. The molecule has 0 bridgehead atoms. The maximum absolute atomic E-state index is 13.1. The minimum atomic E-state index is -4.16. The summed E-state index contributed by atoms with van der Waals surface area (Å²) in [6.07, 6.45) is 0. The molecule has 1 unspecified atom stereocenters. The minimum Gasteiger partial charge on any atom is -0.279 e. The fraction of sp³-hybridized carbons (Fsp3) is 0.133. The summed E-state index contributed by atoms with van der Waals surface area (Å²) in [6.45, 7) is 1.41. The first kappa shape index (κ1) is 19.8. The van der Waals surface area contributed by atoms with Crippen molar-refractivity contribution in [2.24, 2.45) is 0 Å². The van der Waals surface area contributed by atoms with Gasteiger partial charge in [-0.25, -0.2) is 8.42 Å². The first-order valence-electron chi connectivity index (χ1n) is 6.59. The molecule has 9 heteroatoms. The zero-order valence-corrected chi connectivity index (χ0v) is 17.5. The molecule has 24 heavy (non-hydrogen) atoms. The van der Waals surface area contributed by atoms with Gasteiger partial charge in [0.2, 0.25) is 5.24 Å². The summed E-state index contributed by atoms with van der Waals surface area (Å²) in [5, 5.41) is -0.593. The van der Waals surface area contributed by atoms with E-state index in [1.165, 1.54) is 25.1 Å². The van der Waals surface area contributed by atoms with E-state index in [-0.39, 0.29) is 14.9 Å². The van der Waals surface area contributed by atoms with Gasteiger partial charge in [0.1, 0.15) is 10.9 Å². The summed E-state index contributed by atoms with van der Waals surface area (Å²) in [4.78, 5) is 11.5. The Morgan fingerprint density at radius 3 is 2.25 bits per heavy atom. The Morgan fingerprint density at radius 2 is 1.71 bits per heavy atom. The number of benzene rings is 2. The van der Waals surface area contributed by atoms with E-state index < -0.39 is 21.3 Å². The number of anilines is 1. The van der Waals surface area contributed by atoms with E-state index in [4.69, 9.17) is 34.8 Å². The standard InChI is InChI=1S/C15H11Cl3INO3S/c1-9(15(18)21)20(12-5-3-11(19)4-6-12)24(22,23)14-8-10(16)2-7-13(14)17/h2-9H,1H3.